The van der Waals surface area contributed by atoms with Gasteiger partial charge in [0.05, 0.1) is 23.4 Å². The monoisotopic (exact) mass is 296 g/mol. The molecule has 0 fully saturated rings. The summed E-state index contributed by atoms with van der Waals surface area (Å²) >= 11 is 0. The topological polar surface area (TPSA) is 62.2 Å². The lowest BCUT2D eigenvalue weighted by molar-refractivity contribution is -0.137. The number of alkyl halides is 3. The molecule has 0 amide bonds. The molecular weight excluding hydrogens is 285 g/mol. The third-order valence-electron chi connectivity index (χ3n) is 2.75. The molecule has 7 heteroatoms. The minimum Gasteiger partial charge on any atom is -0.478 e. The fourth-order valence-corrected chi connectivity index (χ4v) is 1.68. The fraction of sp³-hybridized carbons (Fsp3) is 0.143. The molecular formula is C14H11F3N2O2. The molecule has 110 valence electrons. The Bertz CT molecular complexity index is 639. The van der Waals surface area contributed by atoms with Gasteiger partial charge in [-0.15, -0.1) is 0 Å². The number of hydrogen-bond donors (Lipinski definition) is 2. The van der Waals surface area contributed by atoms with Crippen LogP contribution in [-0.2, 0) is 12.7 Å². The Balaban J connectivity index is 2.03. The van der Waals surface area contributed by atoms with Crippen molar-refractivity contribution in [2.24, 2.45) is 0 Å². The van der Waals surface area contributed by atoms with E-state index in [2.05, 4.69) is 10.3 Å². The SMILES string of the molecule is O=C(O)c1ccnc(CNc2ccc(C(F)(F)F)cc2)c1. The summed E-state index contributed by atoms with van der Waals surface area (Å²) in [6.07, 6.45) is -3.00. The second-order valence-corrected chi connectivity index (χ2v) is 4.27. The summed E-state index contributed by atoms with van der Waals surface area (Å²) < 4.78 is 37.2. The van der Waals surface area contributed by atoms with Gasteiger partial charge >= 0.3 is 12.1 Å². The number of nitrogens with one attached hydrogen (secondary N) is 1. The molecule has 21 heavy (non-hydrogen) atoms. The molecule has 0 aliphatic rings. The van der Waals surface area contributed by atoms with Crippen LogP contribution in [0.4, 0.5) is 18.9 Å². The molecule has 0 unspecified atom stereocenters. The molecule has 2 aromatic rings. The van der Waals surface area contributed by atoms with Gasteiger partial charge in [-0.1, -0.05) is 0 Å². The molecule has 2 N–H and O–H groups in total. The van der Waals surface area contributed by atoms with Crippen LogP contribution in [0.1, 0.15) is 21.6 Å². The number of hydrogen-bond acceptors (Lipinski definition) is 3. The minimum atomic E-state index is -4.37. The molecule has 0 aliphatic carbocycles. The number of carbonyl (C=O) groups is 1. The maximum Gasteiger partial charge on any atom is 0.416 e. The number of carboxylic acids is 1. The van der Waals surface area contributed by atoms with Crippen LogP contribution in [0.15, 0.2) is 42.6 Å². The Hall–Kier alpha value is -2.57. The molecule has 0 aliphatic heterocycles. The first-order valence-electron chi connectivity index (χ1n) is 5.95. The van der Waals surface area contributed by atoms with E-state index in [0.717, 1.165) is 12.1 Å². The van der Waals surface area contributed by atoms with Crippen LogP contribution in [0.3, 0.4) is 0 Å². The van der Waals surface area contributed by atoms with Gasteiger partial charge in [0.15, 0.2) is 0 Å². The van der Waals surface area contributed by atoms with Crippen molar-refractivity contribution >= 4 is 11.7 Å². The molecule has 0 saturated heterocycles. The largest absolute Gasteiger partial charge is 0.478 e. The number of pyridine rings is 1. The number of aromatic nitrogens is 1. The van der Waals surface area contributed by atoms with Gasteiger partial charge in [0, 0.05) is 11.9 Å². The zero-order chi connectivity index (χ0) is 15.5. The summed E-state index contributed by atoms with van der Waals surface area (Å²) in [5.41, 5.74) is 0.355. The Kier molecular flexibility index (Phi) is 4.11. The maximum absolute atomic E-state index is 12.4. The predicted molar refractivity (Wildman–Crippen MR) is 70.0 cm³/mol. The van der Waals surface area contributed by atoms with Crippen molar-refractivity contribution in [3.63, 3.8) is 0 Å². The molecule has 1 aromatic heterocycles. The molecule has 0 atom stereocenters. The van der Waals surface area contributed by atoms with Crippen molar-refractivity contribution < 1.29 is 23.1 Å². The minimum absolute atomic E-state index is 0.106. The summed E-state index contributed by atoms with van der Waals surface area (Å²) in [4.78, 5) is 14.8. The summed E-state index contributed by atoms with van der Waals surface area (Å²) in [7, 11) is 0. The van der Waals surface area contributed by atoms with E-state index in [1.165, 1.54) is 30.5 Å². The Morgan fingerprint density at radius 1 is 1.19 bits per heavy atom. The normalized spacial score (nSPS) is 11.2. The lowest BCUT2D eigenvalue weighted by atomic mass is 10.2. The van der Waals surface area contributed by atoms with Crippen LogP contribution in [0, 0.1) is 0 Å². The lowest BCUT2D eigenvalue weighted by Gasteiger charge is -2.09. The van der Waals surface area contributed by atoms with Crippen molar-refractivity contribution in [3.05, 3.63) is 59.4 Å². The summed E-state index contributed by atoms with van der Waals surface area (Å²) in [5, 5.41) is 11.7. The lowest BCUT2D eigenvalue weighted by Crippen LogP contribution is -2.06. The number of rotatable bonds is 4. The van der Waals surface area contributed by atoms with Crippen molar-refractivity contribution in [2.75, 3.05) is 5.32 Å². The van der Waals surface area contributed by atoms with E-state index >= 15 is 0 Å². The molecule has 0 saturated carbocycles. The number of aromatic carboxylic acids is 1. The van der Waals surface area contributed by atoms with Crippen molar-refractivity contribution in [1.29, 1.82) is 0 Å². The van der Waals surface area contributed by atoms with E-state index in [9.17, 15) is 18.0 Å². The second kappa shape index (κ2) is 5.82. The Morgan fingerprint density at radius 2 is 1.86 bits per heavy atom. The highest BCUT2D eigenvalue weighted by Crippen LogP contribution is 2.29. The molecule has 4 nitrogen and oxygen atoms in total. The molecule has 1 aromatic carbocycles. The van der Waals surface area contributed by atoms with Gasteiger partial charge in [0.1, 0.15) is 0 Å². The maximum atomic E-state index is 12.4. The standard InChI is InChI=1S/C14H11F3N2O2/c15-14(16,17)10-1-3-11(4-2-10)19-8-12-7-9(13(20)21)5-6-18-12/h1-7,19H,8H2,(H,20,21). The van der Waals surface area contributed by atoms with E-state index in [1.807, 2.05) is 0 Å². The van der Waals surface area contributed by atoms with Crippen molar-refractivity contribution in [1.82, 2.24) is 4.98 Å². The molecule has 0 radical (unpaired) electrons. The third kappa shape index (κ3) is 3.95. The van der Waals surface area contributed by atoms with Crippen LogP contribution < -0.4 is 5.32 Å². The predicted octanol–water partition coefficient (Wildman–Crippen LogP) is 3.41. The highest BCUT2D eigenvalue weighted by Gasteiger charge is 2.29. The van der Waals surface area contributed by atoms with Gasteiger partial charge in [0.2, 0.25) is 0 Å². The van der Waals surface area contributed by atoms with E-state index in [0.29, 0.717) is 11.4 Å². The van der Waals surface area contributed by atoms with E-state index in [1.54, 1.807) is 0 Å². The van der Waals surface area contributed by atoms with Crippen LogP contribution in [-0.4, -0.2) is 16.1 Å². The van der Waals surface area contributed by atoms with Gasteiger partial charge in [0.25, 0.3) is 0 Å². The zero-order valence-electron chi connectivity index (χ0n) is 10.7. The summed E-state index contributed by atoms with van der Waals surface area (Å²) in [6, 6.07) is 7.34. The van der Waals surface area contributed by atoms with Crippen LogP contribution in [0.5, 0.6) is 0 Å². The fourth-order valence-electron chi connectivity index (χ4n) is 1.68. The van der Waals surface area contributed by atoms with E-state index in [-0.39, 0.29) is 12.1 Å². The molecule has 0 bridgehead atoms. The third-order valence-corrected chi connectivity index (χ3v) is 2.75. The number of anilines is 1. The summed E-state index contributed by atoms with van der Waals surface area (Å²) in [6.45, 7) is 0.215. The first-order valence-corrected chi connectivity index (χ1v) is 5.95. The quantitative estimate of drug-likeness (QED) is 0.907. The van der Waals surface area contributed by atoms with Gasteiger partial charge < -0.3 is 10.4 Å². The van der Waals surface area contributed by atoms with Gasteiger partial charge in [-0.3, -0.25) is 4.98 Å². The van der Waals surface area contributed by atoms with Crippen LogP contribution in [0.25, 0.3) is 0 Å². The smallest absolute Gasteiger partial charge is 0.416 e. The Morgan fingerprint density at radius 3 is 2.43 bits per heavy atom. The highest BCUT2D eigenvalue weighted by molar-refractivity contribution is 5.87. The average Bonchev–Trinajstić information content (AvgIpc) is 2.45. The number of benzene rings is 1. The van der Waals surface area contributed by atoms with Gasteiger partial charge in [-0.05, 0) is 36.4 Å². The number of carboxylic acid groups (broad SMARTS) is 1. The van der Waals surface area contributed by atoms with Crippen molar-refractivity contribution in [3.8, 4) is 0 Å². The number of halogens is 3. The van der Waals surface area contributed by atoms with Gasteiger partial charge in [-0.25, -0.2) is 4.79 Å². The van der Waals surface area contributed by atoms with Crippen LogP contribution in [0.2, 0.25) is 0 Å². The zero-order valence-corrected chi connectivity index (χ0v) is 10.7. The number of nitrogens with zero attached hydrogens (tertiary/aromatic N) is 1. The second-order valence-electron chi connectivity index (χ2n) is 4.27. The van der Waals surface area contributed by atoms with E-state index in [4.69, 9.17) is 5.11 Å². The molecule has 2 rings (SSSR count). The van der Waals surface area contributed by atoms with Crippen molar-refractivity contribution in [2.45, 2.75) is 12.7 Å². The Labute approximate surface area is 118 Å². The first kappa shape index (κ1) is 14.8. The van der Waals surface area contributed by atoms with E-state index < -0.39 is 17.7 Å². The average molecular weight is 296 g/mol. The highest BCUT2D eigenvalue weighted by atomic mass is 19.4. The summed E-state index contributed by atoms with van der Waals surface area (Å²) in [5.74, 6) is -1.06. The van der Waals surface area contributed by atoms with Gasteiger partial charge in [-0.2, -0.15) is 13.2 Å². The molecule has 1 heterocycles. The first-order chi connectivity index (χ1) is 9.86. The van der Waals surface area contributed by atoms with Crippen LogP contribution >= 0.6 is 0 Å². The molecule has 0 spiro atoms.